The zero-order valence-electron chi connectivity index (χ0n) is 10.3. The number of rotatable bonds is 2. The van der Waals surface area contributed by atoms with Gasteiger partial charge in [-0.3, -0.25) is 0 Å². The summed E-state index contributed by atoms with van der Waals surface area (Å²) in [6.45, 7) is 1.87. The van der Waals surface area contributed by atoms with Gasteiger partial charge in [0.2, 0.25) is 0 Å². The van der Waals surface area contributed by atoms with Crippen LogP contribution in [0, 0.1) is 11.3 Å². The predicted octanol–water partition coefficient (Wildman–Crippen LogP) is 3.16. The summed E-state index contributed by atoms with van der Waals surface area (Å²) in [6, 6.07) is 12.0. The molecular formula is C15H19NO. The van der Waals surface area contributed by atoms with E-state index in [1.54, 1.807) is 0 Å². The third-order valence-corrected chi connectivity index (χ3v) is 4.19. The molecule has 1 aromatic rings. The molecule has 2 nitrogen and oxygen atoms in total. The van der Waals surface area contributed by atoms with Crippen LogP contribution in [0.5, 0.6) is 0 Å². The number of nitriles is 1. The Morgan fingerprint density at radius 3 is 2.29 bits per heavy atom. The molecule has 0 spiro atoms. The minimum Gasteiger partial charge on any atom is -0.388 e. The highest BCUT2D eigenvalue weighted by Crippen LogP contribution is 2.43. The van der Waals surface area contributed by atoms with E-state index in [-0.39, 0.29) is 0 Å². The quantitative estimate of drug-likeness (QED) is 0.846. The zero-order valence-corrected chi connectivity index (χ0v) is 10.3. The van der Waals surface area contributed by atoms with Crippen molar-refractivity contribution in [3.05, 3.63) is 35.9 Å². The summed E-state index contributed by atoms with van der Waals surface area (Å²) in [5.41, 5.74) is -0.748. The van der Waals surface area contributed by atoms with Crippen molar-refractivity contribution in [3.8, 4) is 6.07 Å². The molecule has 0 radical (unpaired) electrons. The Labute approximate surface area is 103 Å². The van der Waals surface area contributed by atoms with Gasteiger partial charge in [0.25, 0.3) is 0 Å². The number of nitrogens with zero attached hydrogens (tertiary/aromatic N) is 1. The van der Waals surface area contributed by atoms with Crippen molar-refractivity contribution in [2.45, 2.75) is 50.0 Å². The van der Waals surface area contributed by atoms with Crippen molar-refractivity contribution in [1.82, 2.24) is 0 Å². The average Bonchev–Trinajstić information content (AvgIpc) is 2.39. The van der Waals surface area contributed by atoms with Crippen LogP contribution in [0.3, 0.4) is 0 Å². The Morgan fingerprint density at radius 1 is 1.18 bits per heavy atom. The predicted molar refractivity (Wildman–Crippen MR) is 67.4 cm³/mol. The normalized spacial score (nSPS) is 22.4. The molecule has 1 aromatic carbocycles. The first-order chi connectivity index (χ1) is 8.12. The summed E-state index contributed by atoms with van der Waals surface area (Å²) in [4.78, 5) is 0. The lowest BCUT2D eigenvalue weighted by Crippen LogP contribution is -2.50. The molecule has 0 aromatic heterocycles. The van der Waals surface area contributed by atoms with Crippen LogP contribution in [0.4, 0.5) is 0 Å². The minimum atomic E-state index is -0.874. The Hall–Kier alpha value is -1.33. The van der Waals surface area contributed by atoms with Gasteiger partial charge in [-0.1, -0.05) is 49.6 Å². The van der Waals surface area contributed by atoms with E-state index in [0.717, 1.165) is 31.2 Å². The van der Waals surface area contributed by atoms with Gasteiger partial charge in [0.1, 0.15) is 5.41 Å². The summed E-state index contributed by atoms with van der Waals surface area (Å²) in [6.07, 6.45) is 4.65. The van der Waals surface area contributed by atoms with E-state index in [1.807, 2.05) is 37.3 Å². The molecule has 0 bridgehead atoms. The van der Waals surface area contributed by atoms with E-state index in [2.05, 4.69) is 6.07 Å². The second kappa shape index (κ2) is 4.50. The van der Waals surface area contributed by atoms with Crippen LogP contribution < -0.4 is 0 Å². The molecule has 1 aliphatic rings. The van der Waals surface area contributed by atoms with Crippen molar-refractivity contribution in [2.24, 2.45) is 0 Å². The second-order valence-corrected chi connectivity index (χ2v) is 5.20. The van der Waals surface area contributed by atoms with E-state index in [1.165, 1.54) is 6.42 Å². The van der Waals surface area contributed by atoms with Gasteiger partial charge >= 0.3 is 0 Å². The van der Waals surface area contributed by atoms with Crippen molar-refractivity contribution in [3.63, 3.8) is 0 Å². The first kappa shape index (κ1) is 12.1. The zero-order chi connectivity index (χ0) is 12.4. The van der Waals surface area contributed by atoms with Crippen LogP contribution in [0.25, 0.3) is 0 Å². The minimum absolute atomic E-state index is 0.728. The molecule has 1 unspecified atom stereocenters. The molecule has 90 valence electrons. The molecule has 0 heterocycles. The lowest BCUT2D eigenvalue weighted by Gasteiger charge is -2.43. The SMILES string of the molecule is CC(C#N)(c1ccccc1)C1(O)CCCCC1. The van der Waals surface area contributed by atoms with E-state index < -0.39 is 11.0 Å². The third kappa shape index (κ3) is 1.96. The fourth-order valence-electron chi connectivity index (χ4n) is 2.85. The molecule has 0 aliphatic heterocycles. The molecule has 2 rings (SSSR count). The highest BCUT2D eigenvalue weighted by molar-refractivity contribution is 5.36. The van der Waals surface area contributed by atoms with Crippen LogP contribution >= 0.6 is 0 Å². The summed E-state index contributed by atoms with van der Waals surface area (Å²) in [5.74, 6) is 0. The number of aliphatic hydroxyl groups is 1. The van der Waals surface area contributed by atoms with Gasteiger partial charge in [0, 0.05) is 0 Å². The maximum absolute atomic E-state index is 10.8. The van der Waals surface area contributed by atoms with Crippen LogP contribution in [0.1, 0.15) is 44.6 Å². The van der Waals surface area contributed by atoms with Gasteiger partial charge in [-0.05, 0) is 25.3 Å². The summed E-state index contributed by atoms with van der Waals surface area (Å²) < 4.78 is 0. The lowest BCUT2D eigenvalue weighted by atomic mass is 9.63. The Kier molecular flexibility index (Phi) is 3.22. The van der Waals surface area contributed by atoms with Gasteiger partial charge in [-0.2, -0.15) is 5.26 Å². The van der Waals surface area contributed by atoms with E-state index in [4.69, 9.17) is 0 Å². The van der Waals surface area contributed by atoms with Gasteiger partial charge in [0.05, 0.1) is 11.7 Å². The smallest absolute Gasteiger partial charge is 0.108 e. The fraction of sp³-hybridized carbons (Fsp3) is 0.533. The Morgan fingerprint density at radius 2 is 1.76 bits per heavy atom. The van der Waals surface area contributed by atoms with E-state index in [0.29, 0.717) is 0 Å². The van der Waals surface area contributed by atoms with Crippen LogP contribution in [-0.4, -0.2) is 10.7 Å². The summed E-state index contributed by atoms with van der Waals surface area (Å²) >= 11 is 0. The first-order valence-corrected chi connectivity index (χ1v) is 6.32. The maximum Gasteiger partial charge on any atom is 0.108 e. The summed E-state index contributed by atoms with van der Waals surface area (Å²) in [5, 5.41) is 20.4. The molecular weight excluding hydrogens is 210 g/mol. The third-order valence-electron chi connectivity index (χ3n) is 4.19. The van der Waals surface area contributed by atoms with Gasteiger partial charge < -0.3 is 5.11 Å². The van der Waals surface area contributed by atoms with Crippen molar-refractivity contribution >= 4 is 0 Å². The number of hydrogen-bond acceptors (Lipinski definition) is 2. The van der Waals surface area contributed by atoms with Gasteiger partial charge in [-0.25, -0.2) is 0 Å². The topological polar surface area (TPSA) is 44.0 Å². The standard InChI is InChI=1S/C15H19NO/c1-14(12-16,13-8-4-2-5-9-13)15(17)10-6-3-7-11-15/h2,4-5,8-9,17H,3,6-7,10-11H2,1H3. The molecule has 0 saturated heterocycles. The van der Waals surface area contributed by atoms with Crippen LogP contribution in [-0.2, 0) is 5.41 Å². The number of benzene rings is 1. The van der Waals surface area contributed by atoms with Crippen molar-refractivity contribution < 1.29 is 5.11 Å². The maximum atomic E-state index is 10.8. The first-order valence-electron chi connectivity index (χ1n) is 6.32. The van der Waals surface area contributed by atoms with E-state index in [9.17, 15) is 10.4 Å². The van der Waals surface area contributed by atoms with Gasteiger partial charge in [-0.15, -0.1) is 0 Å². The van der Waals surface area contributed by atoms with Crippen molar-refractivity contribution in [1.29, 1.82) is 5.26 Å². The second-order valence-electron chi connectivity index (χ2n) is 5.20. The molecule has 1 saturated carbocycles. The van der Waals surface area contributed by atoms with Crippen LogP contribution in [0.15, 0.2) is 30.3 Å². The fourth-order valence-corrected chi connectivity index (χ4v) is 2.85. The molecule has 0 amide bonds. The summed E-state index contributed by atoms with van der Waals surface area (Å²) in [7, 11) is 0. The van der Waals surface area contributed by atoms with Gasteiger partial charge in [0.15, 0.2) is 0 Å². The molecule has 1 aliphatic carbocycles. The Balaban J connectivity index is 2.41. The average molecular weight is 229 g/mol. The monoisotopic (exact) mass is 229 g/mol. The Bertz CT molecular complexity index is 414. The molecule has 17 heavy (non-hydrogen) atoms. The molecule has 1 atom stereocenters. The van der Waals surface area contributed by atoms with Crippen LogP contribution in [0.2, 0.25) is 0 Å². The molecule has 2 heteroatoms. The van der Waals surface area contributed by atoms with E-state index >= 15 is 0 Å². The highest BCUT2D eigenvalue weighted by atomic mass is 16.3. The molecule has 1 N–H and O–H groups in total. The number of hydrogen-bond donors (Lipinski definition) is 1. The molecule has 1 fully saturated rings. The largest absolute Gasteiger partial charge is 0.388 e. The van der Waals surface area contributed by atoms with Crippen molar-refractivity contribution in [2.75, 3.05) is 0 Å². The highest BCUT2D eigenvalue weighted by Gasteiger charge is 2.48. The lowest BCUT2D eigenvalue weighted by molar-refractivity contribution is -0.0419.